The van der Waals surface area contributed by atoms with Crippen molar-refractivity contribution in [2.45, 2.75) is 37.8 Å². The molecule has 0 saturated heterocycles. The van der Waals surface area contributed by atoms with E-state index in [2.05, 4.69) is 53.5 Å². The summed E-state index contributed by atoms with van der Waals surface area (Å²) in [5.74, 6) is 2.13. The monoisotopic (exact) mass is 290 g/mol. The first-order valence-corrected chi connectivity index (χ1v) is 8.03. The minimum absolute atomic E-state index is 0.269. The number of hydrogen-bond donors (Lipinski definition) is 1. The van der Waals surface area contributed by atoms with Gasteiger partial charge in [-0.15, -0.1) is 11.8 Å². The fourth-order valence-corrected chi connectivity index (χ4v) is 2.90. The van der Waals surface area contributed by atoms with Crippen molar-refractivity contribution in [3.05, 3.63) is 42.0 Å². The third-order valence-electron chi connectivity index (χ3n) is 3.32. The summed E-state index contributed by atoms with van der Waals surface area (Å²) in [6.45, 7) is 5.12. The summed E-state index contributed by atoms with van der Waals surface area (Å²) in [5, 5.41) is 7.60. The highest BCUT2D eigenvalue weighted by molar-refractivity contribution is 7.99. The Hall–Kier alpha value is -1.33. The van der Waals surface area contributed by atoms with Crippen molar-refractivity contribution in [3.63, 3.8) is 0 Å². The van der Waals surface area contributed by atoms with Crippen LogP contribution in [0.2, 0.25) is 0 Å². The number of likely N-dealkylation sites (N-methyl/N-ethyl adjacent to an activating group) is 1. The summed E-state index contributed by atoms with van der Waals surface area (Å²) < 4.78 is 1.95. The number of hydrogen-bond acceptors (Lipinski definition) is 4. The van der Waals surface area contributed by atoms with Crippen LogP contribution in [0, 0.1) is 0 Å². The maximum atomic E-state index is 4.36. The summed E-state index contributed by atoms with van der Waals surface area (Å²) in [4.78, 5) is 5.68. The standard InChI is InChI=1S/C15H22N4S/c1-4-19-15(17-11-18-19)10-14(16-3)12-6-8-13(9-7-12)20-5-2/h6-9,11,14,16H,4-5,10H2,1-3H3. The van der Waals surface area contributed by atoms with E-state index in [1.165, 1.54) is 10.5 Å². The van der Waals surface area contributed by atoms with Crippen molar-refractivity contribution >= 4 is 11.8 Å². The molecular weight excluding hydrogens is 268 g/mol. The lowest BCUT2D eigenvalue weighted by Crippen LogP contribution is -2.21. The molecule has 0 saturated carbocycles. The van der Waals surface area contributed by atoms with Crippen LogP contribution in [0.25, 0.3) is 0 Å². The molecule has 0 spiro atoms. The van der Waals surface area contributed by atoms with E-state index < -0.39 is 0 Å². The van der Waals surface area contributed by atoms with Gasteiger partial charge in [-0.25, -0.2) is 4.98 Å². The predicted octanol–water partition coefficient (Wildman–Crippen LogP) is 2.91. The number of aryl methyl sites for hydroxylation is 1. The van der Waals surface area contributed by atoms with Crippen molar-refractivity contribution in [1.29, 1.82) is 0 Å². The second kappa shape index (κ2) is 7.45. The van der Waals surface area contributed by atoms with Gasteiger partial charge in [0.25, 0.3) is 0 Å². The lowest BCUT2D eigenvalue weighted by atomic mass is 10.0. The van der Waals surface area contributed by atoms with Crippen LogP contribution in [-0.2, 0) is 13.0 Å². The van der Waals surface area contributed by atoms with Crippen molar-refractivity contribution < 1.29 is 0 Å². The van der Waals surface area contributed by atoms with Crippen molar-refractivity contribution in [1.82, 2.24) is 20.1 Å². The maximum absolute atomic E-state index is 4.36. The highest BCUT2D eigenvalue weighted by Gasteiger charge is 2.13. The van der Waals surface area contributed by atoms with E-state index in [9.17, 15) is 0 Å². The van der Waals surface area contributed by atoms with Crippen LogP contribution in [-0.4, -0.2) is 27.6 Å². The Labute approximate surface area is 125 Å². The van der Waals surface area contributed by atoms with Gasteiger partial charge in [0.1, 0.15) is 12.2 Å². The van der Waals surface area contributed by atoms with Gasteiger partial charge >= 0.3 is 0 Å². The largest absolute Gasteiger partial charge is 0.313 e. The molecule has 0 radical (unpaired) electrons. The summed E-state index contributed by atoms with van der Waals surface area (Å²) in [6.07, 6.45) is 2.48. The van der Waals surface area contributed by atoms with Crippen LogP contribution in [0.15, 0.2) is 35.5 Å². The molecule has 0 aliphatic carbocycles. The molecule has 1 N–H and O–H groups in total. The van der Waals surface area contributed by atoms with E-state index in [0.717, 1.165) is 24.5 Å². The molecule has 0 aliphatic heterocycles. The van der Waals surface area contributed by atoms with Crippen LogP contribution in [0.4, 0.5) is 0 Å². The molecule has 1 unspecified atom stereocenters. The Morgan fingerprint density at radius 1 is 1.25 bits per heavy atom. The van der Waals surface area contributed by atoms with Crippen LogP contribution in [0.1, 0.15) is 31.3 Å². The smallest absolute Gasteiger partial charge is 0.138 e. The number of rotatable bonds is 7. The molecule has 0 aliphatic rings. The van der Waals surface area contributed by atoms with E-state index >= 15 is 0 Å². The molecule has 1 atom stereocenters. The van der Waals surface area contributed by atoms with Gasteiger partial charge in [0, 0.05) is 23.9 Å². The average Bonchev–Trinajstić information content (AvgIpc) is 2.93. The molecule has 5 heteroatoms. The Balaban J connectivity index is 2.11. The number of aromatic nitrogens is 3. The van der Waals surface area contributed by atoms with E-state index in [1.807, 2.05) is 23.5 Å². The lowest BCUT2D eigenvalue weighted by molar-refractivity contribution is 0.533. The zero-order valence-corrected chi connectivity index (χ0v) is 13.2. The van der Waals surface area contributed by atoms with E-state index in [-0.39, 0.29) is 6.04 Å². The van der Waals surface area contributed by atoms with Gasteiger partial charge in [0.05, 0.1) is 0 Å². The van der Waals surface area contributed by atoms with Crippen molar-refractivity contribution in [3.8, 4) is 0 Å². The highest BCUT2D eigenvalue weighted by Crippen LogP contribution is 2.22. The van der Waals surface area contributed by atoms with Gasteiger partial charge in [0.15, 0.2) is 0 Å². The quantitative estimate of drug-likeness (QED) is 0.796. The fourth-order valence-electron chi connectivity index (χ4n) is 2.24. The zero-order valence-electron chi connectivity index (χ0n) is 12.3. The SMILES string of the molecule is CCSc1ccc(C(Cc2ncnn2CC)NC)cc1. The molecule has 1 aromatic carbocycles. The molecule has 108 valence electrons. The average molecular weight is 290 g/mol. The van der Waals surface area contributed by atoms with E-state index in [0.29, 0.717) is 0 Å². The topological polar surface area (TPSA) is 42.7 Å². The maximum Gasteiger partial charge on any atom is 0.138 e. The minimum Gasteiger partial charge on any atom is -0.313 e. The molecule has 1 aromatic heterocycles. The number of benzene rings is 1. The number of thioether (sulfide) groups is 1. The van der Waals surface area contributed by atoms with Gasteiger partial charge in [-0.05, 0) is 37.4 Å². The van der Waals surface area contributed by atoms with Crippen LogP contribution < -0.4 is 5.32 Å². The highest BCUT2D eigenvalue weighted by atomic mass is 32.2. The van der Waals surface area contributed by atoms with Gasteiger partial charge < -0.3 is 5.32 Å². The molecule has 0 amide bonds. The van der Waals surface area contributed by atoms with Gasteiger partial charge in [0.2, 0.25) is 0 Å². The second-order valence-electron chi connectivity index (χ2n) is 4.54. The van der Waals surface area contributed by atoms with Crippen LogP contribution in [0.5, 0.6) is 0 Å². The van der Waals surface area contributed by atoms with Gasteiger partial charge in [-0.3, -0.25) is 4.68 Å². The summed E-state index contributed by atoms with van der Waals surface area (Å²) in [6, 6.07) is 9.05. The summed E-state index contributed by atoms with van der Waals surface area (Å²) >= 11 is 1.87. The number of nitrogens with one attached hydrogen (secondary N) is 1. The molecule has 20 heavy (non-hydrogen) atoms. The second-order valence-corrected chi connectivity index (χ2v) is 5.88. The normalized spacial score (nSPS) is 12.6. The van der Waals surface area contributed by atoms with Crippen molar-refractivity contribution in [2.75, 3.05) is 12.8 Å². The summed E-state index contributed by atoms with van der Waals surface area (Å²) in [7, 11) is 1.99. The first kappa shape index (κ1) is 15.1. The third-order valence-corrected chi connectivity index (χ3v) is 4.22. The fraction of sp³-hybridized carbons (Fsp3) is 0.467. The molecule has 2 rings (SSSR count). The lowest BCUT2D eigenvalue weighted by Gasteiger charge is -2.17. The van der Waals surface area contributed by atoms with Crippen LogP contribution >= 0.6 is 11.8 Å². The molecule has 4 nitrogen and oxygen atoms in total. The van der Waals surface area contributed by atoms with Gasteiger partial charge in [-0.1, -0.05) is 19.1 Å². The zero-order chi connectivity index (χ0) is 14.4. The molecular formula is C15H22N4S. The van der Waals surface area contributed by atoms with Crippen molar-refractivity contribution in [2.24, 2.45) is 0 Å². The molecule has 0 bridgehead atoms. The number of nitrogens with zero attached hydrogens (tertiary/aromatic N) is 3. The third kappa shape index (κ3) is 3.61. The van der Waals surface area contributed by atoms with E-state index in [1.54, 1.807) is 6.33 Å². The minimum atomic E-state index is 0.269. The Morgan fingerprint density at radius 3 is 2.60 bits per heavy atom. The first-order chi connectivity index (χ1) is 9.78. The Kier molecular flexibility index (Phi) is 5.61. The summed E-state index contributed by atoms with van der Waals surface area (Å²) in [5.41, 5.74) is 1.29. The van der Waals surface area contributed by atoms with Crippen LogP contribution in [0.3, 0.4) is 0 Å². The van der Waals surface area contributed by atoms with Gasteiger partial charge in [-0.2, -0.15) is 5.10 Å². The molecule has 1 heterocycles. The van der Waals surface area contributed by atoms with E-state index in [4.69, 9.17) is 0 Å². The molecule has 2 aromatic rings. The Bertz CT molecular complexity index is 521. The Morgan fingerprint density at radius 2 is 2.00 bits per heavy atom. The molecule has 0 fully saturated rings. The first-order valence-electron chi connectivity index (χ1n) is 7.05. The predicted molar refractivity (Wildman–Crippen MR) is 84.0 cm³/mol.